The van der Waals surface area contributed by atoms with Crippen LogP contribution in [-0.2, 0) is 6.54 Å². The summed E-state index contributed by atoms with van der Waals surface area (Å²) in [5.74, 6) is 0.623. The third-order valence-corrected chi connectivity index (χ3v) is 5.83. The quantitative estimate of drug-likeness (QED) is 0.685. The Kier molecular flexibility index (Phi) is 6.22. The van der Waals surface area contributed by atoms with Crippen LogP contribution in [0.5, 0.6) is 5.75 Å². The van der Waals surface area contributed by atoms with Crippen molar-refractivity contribution in [3.8, 4) is 5.75 Å². The summed E-state index contributed by atoms with van der Waals surface area (Å²) in [7, 11) is 1.55. The summed E-state index contributed by atoms with van der Waals surface area (Å²) >= 11 is 0. The lowest BCUT2D eigenvalue weighted by Crippen LogP contribution is -2.37. The second kappa shape index (κ2) is 9.01. The minimum absolute atomic E-state index is 0.0415. The van der Waals surface area contributed by atoms with Gasteiger partial charge in [0.25, 0.3) is 0 Å². The summed E-state index contributed by atoms with van der Waals surface area (Å²) in [4.78, 5) is 2.50. The Hall–Kier alpha value is -1.99. The van der Waals surface area contributed by atoms with Crippen LogP contribution >= 0.6 is 0 Å². The Labute approximate surface area is 166 Å². The third-order valence-electron chi connectivity index (χ3n) is 5.83. The van der Waals surface area contributed by atoms with Gasteiger partial charge in [0.2, 0.25) is 0 Å². The van der Waals surface area contributed by atoms with Gasteiger partial charge in [-0.3, -0.25) is 10.3 Å². The Bertz CT molecular complexity index is 772. The van der Waals surface area contributed by atoms with Crippen LogP contribution in [0.2, 0.25) is 0 Å². The van der Waals surface area contributed by atoms with Crippen LogP contribution in [0, 0.1) is 11.7 Å². The van der Waals surface area contributed by atoms with Gasteiger partial charge in [-0.2, -0.15) is 0 Å². The predicted octanol–water partition coefficient (Wildman–Crippen LogP) is 2.46. The lowest BCUT2D eigenvalue weighted by Gasteiger charge is -2.22. The van der Waals surface area contributed by atoms with E-state index in [1.807, 2.05) is 12.1 Å². The number of methoxy groups -OCH3 is 1. The largest absolute Gasteiger partial charge is 0.497 e. The van der Waals surface area contributed by atoms with Gasteiger partial charge in [0.05, 0.1) is 13.2 Å². The molecule has 3 unspecified atom stereocenters. The summed E-state index contributed by atoms with van der Waals surface area (Å²) in [6.45, 7) is 4.86. The second-order valence-corrected chi connectivity index (χ2v) is 7.76. The maximum absolute atomic E-state index is 14.5. The molecule has 28 heavy (non-hydrogen) atoms. The first-order valence-electron chi connectivity index (χ1n) is 10.0. The zero-order chi connectivity index (χ0) is 19.3. The van der Waals surface area contributed by atoms with Crippen molar-refractivity contribution in [2.45, 2.75) is 25.0 Å². The molecule has 0 aliphatic carbocycles. The average molecular weight is 384 g/mol. The SMILES string of the molecule is COc1ccc(C2NNCC2CNC2CCN(Cc3ccccc3)C2)c(F)c1. The summed E-state index contributed by atoms with van der Waals surface area (Å²) in [5, 5.41) is 3.71. The molecule has 2 aliphatic rings. The zero-order valence-corrected chi connectivity index (χ0v) is 16.3. The van der Waals surface area contributed by atoms with Crippen LogP contribution < -0.4 is 20.9 Å². The molecule has 3 atom stereocenters. The van der Waals surface area contributed by atoms with Crippen molar-refractivity contribution >= 4 is 0 Å². The van der Waals surface area contributed by atoms with Crippen LogP contribution in [0.3, 0.4) is 0 Å². The van der Waals surface area contributed by atoms with Crippen molar-refractivity contribution in [2.24, 2.45) is 5.92 Å². The van der Waals surface area contributed by atoms with Gasteiger partial charge in [-0.25, -0.2) is 9.82 Å². The first-order valence-corrected chi connectivity index (χ1v) is 10.0. The molecule has 0 saturated carbocycles. The minimum atomic E-state index is -0.222. The van der Waals surface area contributed by atoms with Gasteiger partial charge in [-0.1, -0.05) is 36.4 Å². The maximum Gasteiger partial charge on any atom is 0.131 e. The normalized spacial score (nSPS) is 25.3. The number of rotatable bonds is 7. The molecule has 2 fully saturated rings. The van der Waals surface area contributed by atoms with Crippen molar-refractivity contribution in [3.05, 3.63) is 65.5 Å². The van der Waals surface area contributed by atoms with E-state index in [9.17, 15) is 4.39 Å². The molecule has 3 N–H and O–H groups in total. The lowest BCUT2D eigenvalue weighted by molar-refractivity contribution is 0.315. The maximum atomic E-state index is 14.5. The molecule has 0 amide bonds. The van der Waals surface area contributed by atoms with E-state index in [1.165, 1.54) is 11.6 Å². The van der Waals surface area contributed by atoms with Gasteiger partial charge in [0.1, 0.15) is 11.6 Å². The fraction of sp³-hybridized carbons (Fsp3) is 0.455. The van der Waals surface area contributed by atoms with Crippen molar-refractivity contribution in [1.82, 2.24) is 21.1 Å². The highest BCUT2D eigenvalue weighted by Crippen LogP contribution is 2.29. The number of hydrogen-bond donors (Lipinski definition) is 3. The van der Waals surface area contributed by atoms with Gasteiger partial charge < -0.3 is 10.1 Å². The van der Waals surface area contributed by atoms with Gasteiger partial charge >= 0.3 is 0 Å². The summed E-state index contributed by atoms with van der Waals surface area (Å²) in [5.41, 5.74) is 8.49. The van der Waals surface area contributed by atoms with E-state index in [2.05, 4.69) is 51.4 Å². The summed E-state index contributed by atoms with van der Waals surface area (Å²) < 4.78 is 19.6. The fourth-order valence-electron chi connectivity index (χ4n) is 4.25. The lowest BCUT2D eigenvalue weighted by atomic mass is 9.94. The molecular formula is C22H29FN4O. The molecule has 5 nitrogen and oxygen atoms in total. The number of nitrogens with zero attached hydrogens (tertiary/aromatic N) is 1. The summed E-state index contributed by atoms with van der Waals surface area (Å²) in [6, 6.07) is 16.2. The van der Waals surface area contributed by atoms with E-state index in [0.717, 1.165) is 39.1 Å². The molecule has 4 rings (SSSR count). The highest BCUT2D eigenvalue weighted by Gasteiger charge is 2.31. The van der Waals surface area contributed by atoms with Gasteiger partial charge in [-0.05, 0) is 18.1 Å². The number of hydrogen-bond acceptors (Lipinski definition) is 5. The molecule has 6 heteroatoms. The topological polar surface area (TPSA) is 48.6 Å². The smallest absolute Gasteiger partial charge is 0.131 e. The predicted molar refractivity (Wildman–Crippen MR) is 108 cm³/mol. The van der Waals surface area contributed by atoms with E-state index < -0.39 is 0 Å². The van der Waals surface area contributed by atoms with Gasteiger partial charge in [0, 0.05) is 56.3 Å². The van der Waals surface area contributed by atoms with Crippen LogP contribution in [0.4, 0.5) is 4.39 Å². The molecule has 2 aromatic rings. The van der Waals surface area contributed by atoms with Crippen molar-refractivity contribution in [1.29, 1.82) is 0 Å². The van der Waals surface area contributed by atoms with Gasteiger partial charge in [0.15, 0.2) is 0 Å². The molecule has 2 aromatic carbocycles. The molecule has 0 spiro atoms. The van der Waals surface area contributed by atoms with Crippen LogP contribution in [0.15, 0.2) is 48.5 Å². The van der Waals surface area contributed by atoms with Crippen molar-refractivity contribution < 1.29 is 9.13 Å². The molecule has 2 heterocycles. The van der Waals surface area contributed by atoms with E-state index in [0.29, 0.717) is 23.3 Å². The molecule has 2 aliphatic heterocycles. The van der Waals surface area contributed by atoms with Crippen molar-refractivity contribution in [2.75, 3.05) is 33.3 Å². The zero-order valence-electron chi connectivity index (χ0n) is 16.3. The highest BCUT2D eigenvalue weighted by atomic mass is 19.1. The standard InChI is InChI=1S/C22H29FN4O/c1-28-19-7-8-20(21(23)11-19)22-17(13-25-26-22)12-24-18-9-10-27(15-18)14-16-5-3-2-4-6-16/h2-8,11,17-18,22,24-26H,9-10,12-15H2,1H3. The van der Waals surface area contributed by atoms with Crippen LogP contribution in [0.1, 0.15) is 23.6 Å². The minimum Gasteiger partial charge on any atom is -0.497 e. The summed E-state index contributed by atoms with van der Waals surface area (Å²) in [6.07, 6.45) is 1.15. The second-order valence-electron chi connectivity index (χ2n) is 7.76. The number of nitrogens with one attached hydrogen (secondary N) is 3. The molecular weight excluding hydrogens is 355 g/mol. The monoisotopic (exact) mass is 384 g/mol. The van der Waals surface area contributed by atoms with Gasteiger partial charge in [-0.15, -0.1) is 0 Å². The van der Waals surface area contributed by atoms with Crippen molar-refractivity contribution in [3.63, 3.8) is 0 Å². The van der Waals surface area contributed by atoms with E-state index in [4.69, 9.17) is 4.74 Å². The van der Waals surface area contributed by atoms with Crippen LogP contribution in [-0.4, -0.2) is 44.2 Å². The molecule has 0 aromatic heterocycles. The Morgan fingerprint density at radius 2 is 2.07 bits per heavy atom. The molecule has 0 radical (unpaired) electrons. The van der Waals surface area contributed by atoms with Crippen LogP contribution in [0.25, 0.3) is 0 Å². The van der Waals surface area contributed by atoms with E-state index >= 15 is 0 Å². The Morgan fingerprint density at radius 1 is 1.21 bits per heavy atom. The Balaban J connectivity index is 1.30. The molecule has 150 valence electrons. The molecule has 0 bridgehead atoms. The molecule has 2 saturated heterocycles. The average Bonchev–Trinajstić information content (AvgIpc) is 3.36. The number of halogens is 1. The fourth-order valence-corrected chi connectivity index (χ4v) is 4.25. The third kappa shape index (κ3) is 4.52. The highest BCUT2D eigenvalue weighted by molar-refractivity contribution is 5.31. The first kappa shape index (κ1) is 19.3. The Morgan fingerprint density at radius 3 is 2.86 bits per heavy atom. The first-order chi connectivity index (χ1) is 13.7. The number of hydrazine groups is 1. The number of benzene rings is 2. The van der Waals surface area contributed by atoms with E-state index in [1.54, 1.807) is 7.11 Å². The number of ether oxygens (including phenoxy) is 1. The number of likely N-dealkylation sites (tertiary alicyclic amines) is 1. The van der Waals surface area contributed by atoms with E-state index in [-0.39, 0.29) is 11.9 Å².